The summed E-state index contributed by atoms with van der Waals surface area (Å²) in [5.41, 5.74) is 0. The van der Waals surface area contributed by atoms with Gasteiger partial charge in [0.1, 0.15) is 85.5 Å². The number of rotatable bonds is 6. The topological polar surface area (TPSA) is 280 Å². The molecule has 2 saturated heterocycles. The lowest BCUT2D eigenvalue weighted by Gasteiger charge is -2.46. The third-order valence-corrected chi connectivity index (χ3v) is 6.31. The summed E-state index contributed by atoms with van der Waals surface area (Å²) in [6.07, 6.45) is -28.3. The second-order valence-electron chi connectivity index (χ2n) is 8.60. The lowest BCUT2D eigenvalue weighted by molar-refractivity contribution is -0.351. The standard InChI is InChI=1S/C18H32O16/c19-1-3-5(20)7(22)14(29)17(32-3)31-2-4-6(21)8(23)15(30)18(33-4)34-16-12(27)10(25)9(24)11(26)13(16)28/h3-30H,1-2H2/t3-,4-,5+,6+,7+,8+,9?,10+,11+,12-,13+,14-,15-,16?,17+,18-/m1/s1. The molecule has 1 aliphatic carbocycles. The van der Waals surface area contributed by atoms with Crippen LogP contribution in [-0.4, -0.2) is 173 Å². The quantitative estimate of drug-likeness (QED) is 0.160. The third-order valence-electron chi connectivity index (χ3n) is 6.31. The van der Waals surface area contributed by atoms with E-state index in [0.29, 0.717) is 0 Å². The summed E-state index contributed by atoms with van der Waals surface area (Å²) in [6.45, 7) is -1.36. The fraction of sp³-hybridized carbons (Fsp3) is 1.00. The molecule has 3 fully saturated rings. The van der Waals surface area contributed by atoms with Gasteiger partial charge in [0.2, 0.25) is 0 Å². The van der Waals surface area contributed by atoms with E-state index >= 15 is 0 Å². The molecular formula is C18H32O16. The van der Waals surface area contributed by atoms with E-state index in [9.17, 15) is 61.3 Å². The molecule has 2 aliphatic heterocycles. The van der Waals surface area contributed by atoms with Crippen LogP contribution in [0.15, 0.2) is 0 Å². The maximum Gasteiger partial charge on any atom is 0.187 e. The van der Waals surface area contributed by atoms with E-state index < -0.39 is 111 Å². The highest BCUT2D eigenvalue weighted by Crippen LogP contribution is 2.30. The monoisotopic (exact) mass is 504 g/mol. The van der Waals surface area contributed by atoms with E-state index in [4.69, 9.17) is 18.9 Å². The summed E-state index contributed by atoms with van der Waals surface area (Å²) in [4.78, 5) is 0. The fourth-order valence-corrected chi connectivity index (χ4v) is 4.07. The zero-order valence-electron chi connectivity index (χ0n) is 17.7. The number of aliphatic hydroxyl groups excluding tert-OH is 12. The molecule has 16 heteroatoms. The maximum atomic E-state index is 10.2. The van der Waals surface area contributed by atoms with E-state index in [1.165, 1.54) is 0 Å². The van der Waals surface area contributed by atoms with Gasteiger partial charge in [0, 0.05) is 0 Å². The highest BCUT2D eigenvalue weighted by Gasteiger charge is 2.53. The highest BCUT2D eigenvalue weighted by atomic mass is 16.7. The van der Waals surface area contributed by atoms with Crippen molar-refractivity contribution in [3.8, 4) is 0 Å². The Kier molecular flexibility index (Phi) is 9.18. The first-order chi connectivity index (χ1) is 15.9. The van der Waals surface area contributed by atoms with Crippen molar-refractivity contribution >= 4 is 0 Å². The van der Waals surface area contributed by atoms with Crippen LogP contribution in [0.4, 0.5) is 0 Å². The molecule has 12 N–H and O–H groups in total. The Morgan fingerprint density at radius 3 is 1.41 bits per heavy atom. The van der Waals surface area contributed by atoms with Crippen molar-refractivity contribution in [2.24, 2.45) is 0 Å². The van der Waals surface area contributed by atoms with Gasteiger partial charge in [-0.05, 0) is 0 Å². The van der Waals surface area contributed by atoms with Crippen LogP contribution in [0.3, 0.4) is 0 Å². The first-order valence-electron chi connectivity index (χ1n) is 10.6. The third kappa shape index (κ3) is 5.23. The molecule has 0 aromatic rings. The molecule has 0 spiro atoms. The lowest BCUT2D eigenvalue weighted by atomic mass is 9.84. The van der Waals surface area contributed by atoms with Gasteiger partial charge in [0.25, 0.3) is 0 Å². The van der Waals surface area contributed by atoms with Crippen molar-refractivity contribution in [3.63, 3.8) is 0 Å². The Morgan fingerprint density at radius 2 is 0.882 bits per heavy atom. The van der Waals surface area contributed by atoms with Crippen molar-refractivity contribution in [3.05, 3.63) is 0 Å². The Morgan fingerprint density at radius 1 is 0.471 bits per heavy atom. The Hall–Kier alpha value is -0.640. The van der Waals surface area contributed by atoms with Gasteiger partial charge < -0.3 is 80.2 Å². The van der Waals surface area contributed by atoms with Crippen molar-refractivity contribution in [1.29, 1.82) is 0 Å². The van der Waals surface area contributed by atoms with E-state index in [1.54, 1.807) is 0 Å². The van der Waals surface area contributed by atoms with Crippen LogP contribution in [0.2, 0.25) is 0 Å². The predicted molar refractivity (Wildman–Crippen MR) is 101 cm³/mol. The van der Waals surface area contributed by atoms with Crippen LogP contribution >= 0.6 is 0 Å². The molecule has 16 atom stereocenters. The van der Waals surface area contributed by atoms with Gasteiger partial charge in [-0.25, -0.2) is 0 Å². The van der Waals surface area contributed by atoms with Crippen molar-refractivity contribution in [2.45, 2.75) is 98.0 Å². The first-order valence-corrected chi connectivity index (χ1v) is 10.6. The van der Waals surface area contributed by atoms with Gasteiger partial charge in [0.05, 0.1) is 13.2 Å². The normalized spacial score (nSPS) is 54.7. The molecule has 2 heterocycles. The van der Waals surface area contributed by atoms with Gasteiger partial charge in [-0.15, -0.1) is 0 Å². The first kappa shape index (κ1) is 27.9. The minimum atomic E-state index is -1.93. The summed E-state index contributed by atoms with van der Waals surface area (Å²) in [6, 6.07) is 0. The molecule has 0 bridgehead atoms. The summed E-state index contributed by atoms with van der Waals surface area (Å²) in [7, 11) is 0. The van der Waals surface area contributed by atoms with E-state index in [0.717, 1.165) is 0 Å². The van der Waals surface area contributed by atoms with Crippen LogP contribution < -0.4 is 0 Å². The summed E-state index contributed by atoms with van der Waals surface area (Å²) < 4.78 is 21.0. The molecule has 200 valence electrons. The molecule has 16 nitrogen and oxygen atoms in total. The van der Waals surface area contributed by atoms with E-state index in [1.807, 2.05) is 0 Å². The Labute approximate surface area is 192 Å². The average Bonchev–Trinajstić information content (AvgIpc) is 2.82. The van der Waals surface area contributed by atoms with E-state index in [-0.39, 0.29) is 0 Å². The van der Waals surface area contributed by atoms with Crippen molar-refractivity contribution in [1.82, 2.24) is 0 Å². The molecular weight excluding hydrogens is 472 g/mol. The number of ether oxygens (including phenoxy) is 4. The second kappa shape index (κ2) is 11.2. The van der Waals surface area contributed by atoms with Crippen LogP contribution in [0.25, 0.3) is 0 Å². The predicted octanol–water partition coefficient (Wildman–Crippen LogP) is -8.19. The molecule has 3 rings (SSSR count). The SMILES string of the molecule is OC[C@H]1O[C@H](OC[C@H]2O[C@H](OC3[C@@H](O)[C@@H](O)C(O)[C@H](O)[C@H]3O)[C@H](O)[C@@H](O)[C@H]2O)[C@H](O)[C@@H](O)[C@H]1O. The van der Waals surface area contributed by atoms with Gasteiger partial charge >= 0.3 is 0 Å². The molecule has 0 aromatic carbocycles. The number of aliphatic hydroxyl groups is 12. The highest BCUT2D eigenvalue weighted by molar-refractivity contribution is 5.00. The van der Waals surface area contributed by atoms with Gasteiger partial charge in [-0.2, -0.15) is 0 Å². The zero-order valence-corrected chi connectivity index (χ0v) is 17.7. The number of hydrogen-bond donors (Lipinski definition) is 12. The van der Waals surface area contributed by atoms with Gasteiger partial charge in [-0.1, -0.05) is 0 Å². The van der Waals surface area contributed by atoms with Crippen LogP contribution in [-0.2, 0) is 18.9 Å². The van der Waals surface area contributed by atoms with Crippen LogP contribution in [0.1, 0.15) is 0 Å². The Bertz CT molecular complexity index is 637. The van der Waals surface area contributed by atoms with Crippen molar-refractivity contribution < 1.29 is 80.2 Å². The summed E-state index contributed by atoms with van der Waals surface area (Å²) >= 11 is 0. The zero-order chi connectivity index (χ0) is 25.5. The lowest BCUT2D eigenvalue weighted by Crippen LogP contribution is -2.67. The summed E-state index contributed by atoms with van der Waals surface area (Å²) in [5, 5.41) is 119. The molecule has 0 aromatic heterocycles. The Balaban J connectivity index is 1.67. The van der Waals surface area contributed by atoms with Crippen molar-refractivity contribution in [2.75, 3.05) is 13.2 Å². The maximum absolute atomic E-state index is 10.2. The number of hydrogen-bond acceptors (Lipinski definition) is 16. The molecule has 2 unspecified atom stereocenters. The van der Waals surface area contributed by atoms with E-state index in [2.05, 4.69) is 0 Å². The largest absolute Gasteiger partial charge is 0.394 e. The second-order valence-corrected chi connectivity index (χ2v) is 8.60. The minimum absolute atomic E-state index is 0.646. The van der Waals surface area contributed by atoms with Gasteiger partial charge in [-0.3, -0.25) is 0 Å². The van der Waals surface area contributed by atoms with Gasteiger partial charge in [0.15, 0.2) is 12.6 Å². The fourth-order valence-electron chi connectivity index (χ4n) is 4.07. The molecule has 0 amide bonds. The molecule has 0 radical (unpaired) electrons. The average molecular weight is 504 g/mol. The minimum Gasteiger partial charge on any atom is -0.394 e. The van der Waals surface area contributed by atoms with Crippen LogP contribution in [0, 0.1) is 0 Å². The molecule has 3 aliphatic rings. The molecule has 1 saturated carbocycles. The smallest absolute Gasteiger partial charge is 0.187 e. The molecule has 34 heavy (non-hydrogen) atoms. The summed E-state index contributed by atoms with van der Waals surface area (Å²) in [5.74, 6) is 0. The van der Waals surface area contributed by atoms with Crippen LogP contribution in [0.5, 0.6) is 0 Å².